The van der Waals surface area contributed by atoms with E-state index >= 15 is 0 Å². The molecule has 3 rings (SSSR count). The SMILES string of the molecule is CCOC(=O)C1=C2C(=CN3CCCC2C3)SC1NC(=O)C(=O)NOC(C)(C)C. The Morgan fingerprint density at radius 1 is 1.29 bits per heavy atom. The van der Waals surface area contributed by atoms with Crippen molar-refractivity contribution >= 4 is 29.5 Å². The van der Waals surface area contributed by atoms with Gasteiger partial charge in [0.1, 0.15) is 5.37 Å². The molecule has 0 radical (unpaired) electrons. The van der Waals surface area contributed by atoms with Gasteiger partial charge in [0.2, 0.25) is 0 Å². The molecular formula is C19H27N3O5S. The van der Waals surface area contributed by atoms with Crippen molar-refractivity contribution in [3.8, 4) is 0 Å². The third kappa shape index (κ3) is 4.52. The Labute approximate surface area is 169 Å². The summed E-state index contributed by atoms with van der Waals surface area (Å²) < 4.78 is 5.25. The number of carbonyl (C=O) groups excluding carboxylic acids is 3. The molecule has 0 saturated carbocycles. The molecule has 3 aliphatic rings. The maximum Gasteiger partial charge on any atom is 0.337 e. The van der Waals surface area contributed by atoms with E-state index in [1.54, 1.807) is 27.7 Å². The highest BCUT2D eigenvalue weighted by molar-refractivity contribution is 8.04. The predicted octanol–water partition coefficient (Wildman–Crippen LogP) is 1.45. The van der Waals surface area contributed by atoms with Crippen LogP contribution in [0, 0.1) is 5.92 Å². The highest BCUT2D eigenvalue weighted by Gasteiger charge is 2.43. The minimum absolute atomic E-state index is 0.237. The molecule has 0 aromatic heterocycles. The van der Waals surface area contributed by atoms with E-state index in [4.69, 9.17) is 9.57 Å². The minimum Gasteiger partial charge on any atom is -0.463 e. The van der Waals surface area contributed by atoms with Gasteiger partial charge in [-0.2, -0.15) is 0 Å². The van der Waals surface area contributed by atoms with Gasteiger partial charge in [0.15, 0.2) is 0 Å². The smallest absolute Gasteiger partial charge is 0.337 e. The molecule has 0 spiro atoms. The summed E-state index contributed by atoms with van der Waals surface area (Å²) in [4.78, 5) is 45.5. The van der Waals surface area contributed by atoms with Crippen LogP contribution < -0.4 is 10.8 Å². The van der Waals surface area contributed by atoms with Gasteiger partial charge in [0.05, 0.1) is 17.8 Å². The topological polar surface area (TPSA) is 97.0 Å². The molecule has 3 aliphatic heterocycles. The van der Waals surface area contributed by atoms with Crippen molar-refractivity contribution in [2.45, 2.75) is 51.5 Å². The first-order valence-corrected chi connectivity index (χ1v) is 10.4. The summed E-state index contributed by atoms with van der Waals surface area (Å²) in [5.41, 5.74) is 2.93. The summed E-state index contributed by atoms with van der Waals surface area (Å²) in [5.74, 6) is -1.97. The van der Waals surface area contributed by atoms with Crippen molar-refractivity contribution in [1.82, 2.24) is 15.7 Å². The monoisotopic (exact) mass is 409 g/mol. The van der Waals surface area contributed by atoms with E-state index in [9.17, 15) is 14.4 Å². The van der Waals surface area contributed by atoms with Crippen LogP contribution in [0.3, 0.4) is 0 Å². The predicted molar refractivity (Wildman–Crippen MR) is 105 cm³/mol. The number of esters is 1. The first-order chi connectivity index (χ1) is 13.2. The zero-order chi connectivity index (χ0) is 20.5. The number of allylic oxidation sites excluding steroid dienone is 1. The van der Waals surface area contributed by atoms with Crippen LogP contribution in [0.1, 0.15) is 40.5 Å². The highest BCUT2D eigenvalue weighted by atomic mass is 32.2. The van der Waals surface area contributed by atoms with Crippen molar-refractivity contribution < 1.29 is 24.0 Å². The van der Waals surface area contributed by atoms with Crippen LogP contribution in [0.15, 0.2) is 22.3 Å². The van der Waals surface area contributed by atoms with Gasteiger partial charge in [-0.1, -0.05) is 11.8 Å². The van der Waals surface area contributed by atoms with Crippen LogP contribution in [-0.2, 0) is 24.0 Å². The molecule has 2 atom stereocenters. The lowest BCUT2D eigenvalue weighted by Crippen LogP contribution is -2.46. The first kappa shape index (κ1) is 20.7. The van der Waals surface area contributed by atoms with Gasteiger partial charge < -0.3 is 15.0 Å². The van der Waals surface area contributed by atoms with E-state index in [2.05, 4.69) is 15.7 Å². The molecular weight excluding hydrogens is 382 g/mol. The van der Waals surface area contributed by atoms with E-state index in [0.717, 1.165) is 36.4 Å². The molecule has 2 amide bonds. The van der Waals surface area contributed by atoms with Gasteiger partial charge in [-0.15, -0.1) is 0 Å². The quantitative estimate of drug-likeness (QED) is 0.412. The Balaban J connectivity index is 1.80. The fraction of sp³-hybridized carbons (Fsp3) is 0.632. The van der Waals surface area contributed by atoms with Crippen molar-refractivity contribution in [3.63, 3.8) is 0 Å². The molecule has 28 heavy (non-hydrogen) atoms. The van der Waals surface area contributed by atoms with E-state index in [-0.39, 0.29) is 12.5 Å². The molecule has 0 aliphatic carbocycles. The largest absolute Gasteiger partial charge is 0.463 e. The fourth-order valence-corrected chi connectivity index (χ4v) is 4.90. The summed E-state index contributed by atoms with van der Waals surface area (Å²) in [6, 6.07) is 0. The highest BCUT2D eigenvalue weighted by Crippen LogP contribution is 2.49. The lowest BCUT2D eigenvalue weighted by atomic mass is 9.85. The Morgan fingerprint density at radius 2 is 2.04 bits per heavy atom. The van der Waals surface area contributed by atoms with E-state index in [0.29, 0.717) is 5.57 Å². The third-order valence-electron chi connectivity index (χ3n) is 4.64. The van der Waals surface area contributed by atoms with Gasteiger partial charge in [-0.05, 0) is 46.1 Å². The van der Waals surface area contributed by atoms with Gasteiger partial charge in [0, 0.05) is 30.1 Å². The van der Waals surface area contributed by atoms with Crippen LogP contribution in [0.5, 0.6) is 0 Å². The molecule has 2 N–H and O–H groups in total. The number of ether oxygens (including phenoxy) is 1. The van der Waals surface area contributed by atoms with Crippen molar-refractivity contribution in [3.05, 3.63) is 22.3 Å². The Hall–Kier alpha value is -2.00. The van der Waals surface area contributed by atoms with Crippen molar-refractivity contribution in [2.24, 2.45) is 5.92 Å². The number of hydroxylamine groups is 1. The maximum absolute atomic E-state index is 12.7. The number of thioether (sulfide) groups is 1. The molecule has 1 fully saturated rings. The number of nitrogens with zero attached hydrogens (tertiary/aromatic N) is 1. The lowest BCUT2D eigenvalue weighted by Gasteiger charge is -2.37. The molecule has 1 saturated heterocycles. The Morgan fingerprint density at radius 3 is 2.71 bits per heavy atom. The summed E-state index contributed by atoms with van der Waals surface area (Å²) in [6.45, 7) is 9.12. The molecule has 3 heterocycles. The number of rotatable bonds is 4. The van der Waals surface area contributed by atoms with Crippen molar-refractivity contribution in [2.75, 3.05) is 19.7 Å². The van der Waals surface area contributed by atoms with Gasteiger partial charge >= 0.3 is 17.8 Å². The second-order valence-corrected chi connectivity index (χ2v) is 9.14. The number of carbonyl (C=O) groups is 3. The van der Waals surface area contributed by atoms with Crippen LogP contribution in [0.4, 0.5) is 0 Å². The summed E-state index contributed by atoms with van der Waals surface area (Å²) in [7, 11) is 0. The Bertz CT molecular complexity index is 740. The second kappa shape index (κ2) is 8.16. The number of hydrogen-bond acceptors (Lipinski definition) is 7. The number of nitrogens with one attached hydrogen (secondary N) is 2. The van der Waals surface area contributed by atoms with Crippen LogP contribution in [0.2, 0.25) is 0 Å². The van der Waals surface area contributed by atoms with Crippen LogP contribution >= 0.6 is 11.8 Å². The summed E-state index contributed by atoms with van der Waals surface area (Å²) in [5, 5.41) is 2.00. The number of amides is 2. The minimum atomic E-state index is -0.907. The molecule has 9 heteroatoms. The third-order valence-corrected chi connectivity index (χ3v) is 5.81. The molecule has 154 valence electrons. The summed E-state index contributed by atoms with van der Waals surface area (Å²) >= 11 is 1.37. The summed E-state index contributed by atoms with van der Waals surface area (Å²) in [6.07, 6.45) is 4.10. The fourth-order valence-electron chi connectivity index (χ4n) is 3.53. The first-order valence-electron chi connectivity index (χ1n) is 9.52. The maximum atomic E-state index is 12.7. The zero-order valence-corrected chi connectivity index (χ0v) is 17.5. The number of hydrogen-bond donors (Lipinski definition) is 2. The number of piperidine rings is 1. The molecule has 8 nitrogen and oxygen atoms in total. The van der Waals surface area contributed by atoms with Gasteiger partial charge in [0.25, 0.3) is 0 Å². The zero-order valence-electron chi connectivity index (χ0n) is 16.7. The molecule has 2 bridgehead atoms. The van der Waals surface area contributed by atoms with E-state index in [1.165, 1.54) is 11.8 Å². The molecule has 0 aromatic carbocycles. The van der Waals surface area contributed by atoms with Gasteiger partial charge in [-0.25, -0.2) is 10.3 Å². The standard InChI is InChI=1S/C19H27N3O5S/c1-5-26-18(25)14-13-11-7-6-8-22(9-11)10-12(13)28-17(14)20-15(23)16(24)21-27-19(2,3)4/h10-11,17H,5-9H2,1-4H3,(H,20,23)(H,21,24). The van der Waals surface area contributed by atoms with Crippen LogP contribution in [-0.4, -0.2) is 53.4 Å². The van der Waals surface area contributed by atoms with Crippen molar-refractivity contribution in [1.29, 1.82) is 0 Å². The molecule has 0 aromatic rings. The van der Waals surface area contributed by atoms with Gasteiger partial charge in [-0.3, -0.25) is 14.4 Å². The average Bonchev–Trinajstić information content (AvgIpc) is 2.97. The Kier molecular flexibility index (Phi) is 6.04. The van der Waals surface area contributed by atoms with Crippen LogP contribution in [0.25, 0.3) is 0 Å². The average molecular weight is 410 g/mol. The van der Waals surface area contributed by atoms with E-state index in [1.807, 2.05) is 6.20 Å². The lowest BCUT2D eigenvalue weighted by molar-refractivity contribution is -0.154. The second-order valence-electron chi connectivity index (χ2n) is 7.99. The van der Waals surface area contributed by atoms with E-state index < -0.39 is 28.8 Å². The normalized spacial score (nSPS) is 23.7. The number of fused-ring (bicyclic) bond motifs is 4. The molecule has 2 unspecified atom stereocenters.